The largest absolute Gasteiger partial charge is 0.486 e. The summed E-state index contributed by atoms with van der Waals surface area (Å²) in [5.74, 6) is 1.26. The number of nitrogens with zero attached hydrogens (tertiary/aromatic N) is 1. The minimum atomic E-state index is -0.263. The van der Waals surface area contributed by atoms with E-state index in [9.17, 15) is 9.18 Å². The first-order chi connectivity index (χ1) is 11.6. The van der Waals surface area contributed by atoms with Crippen LogP contribution in [-0.2, 0) is 17.8 Å². The molecule has 2 aromatic rings. The van der Waals surface area contributed by atoms with Crippen LogP contribution >= 0.6 is 0 Å². The Morgan fingerprint density at radius 1 is 1.04 bits per heavy atom. The van der Waals surface area contributed by atoms with E-state index in [1.807, 2.05) is 18.2 Å². The average Bonchev–Trinajstić information content (AvgIpc) is 2.61. The minimum Gasteiger partial charge on any atom is -0.486 e. The number of rotatable bonds is 5. The summed E-state index contributed by atoms with van der Waals surface area (Å²) in [6.45, 7) is 1.62. The second kappa shape index (κ2) is 7.34. The molecule has 0 N–H and O–H groups in total. The van der Waals surface area contributed by atoms with Crippen LogP contribution in [0.25, 0.3) is 0 Å². The predicted molar refractivity (Wildman–Crippen MR) is 88.6 cm³/mol. The van der Waals surface area contributed by atoms with Crippen LogP contribution in [0.15, 0.2) is 42.5 Å². The Morgan fingerprint density at radius 2 is 1.71 bits per heavy atom. The fraction of sp³-hybridized carbons (Fsp3) is 0.316. The van der Waals surface area contributed by atoms with Crippen LogP contribution in [0.5, 0.6) is 11.5 Å². The average molecular weight is 329 g/mol. The van der Waals surface area contributed by atoms with Gasteiger partial charge < -0.3 is 14.4 Å². The molecule has 1 heterocycles. The van der Waals surface area contributed by atoms with Crippen LogP contribution in [0.2, 0.25) is 0 Å². The molecule has 126 valence electrons. The quantitative estimate of drug-likeness (QED) is 0.846. The molecule has 0 radical (unpaired) electrons. The van der Waals surface area contributed by atoms with Crippen LogP contribution < -0.4 is 9.47 Å². The monoisotopic (exact) mass is 329 g/mol. The summed E-state index contributed by atoms with van der Waals surface area (Å²) in [4.78, 5) is 14.0. The molecule has 0 atom stereocenters. The lowest BCUT2D eigenvalue weighted by Gasteiger charge is -2.21. The van der Waals surface area contributed by atoms with Gasteiger partial charge in [0.1, 0.15) is 19.0 Å². The number of amides is 1. The van der Waals surface area contributed by atoms with Gasteiger partial charge in [-0.1, -0.05) is 18.2 Å². The van der Waals surface area contributed by atoms with Gasteiger partial charge in [-0.05, 0) is 41.8 Å². The van der Waals surface area contributed by atoms with Gasteiger partial charge in [-0.25, -0.2) is 4.39 Å². The second-order valence-corrected chi connectivity index (χ2v) is 5.85. The van der Waals surface area contributed by atoms with Crippen molar-refractivity contribution < 1.29 is 18.7 Å². The minimum absolute atomic E-state index is 0.0502. The predicted octanol–water partition coefficient (Wildman–Crippen LogP) is 3.19. The van der Waals surface area contributed by atoms with Crippen molar-refractivity contribution in [2.45, 2.75) is 19.4 Å². The normalized spacial score (nSPS) is 12.8. The zero-order chi connectivity index (χ0) is 16.9. The Kier molecular flexibility index (Phi) is 4.99. The number of hydrogen-bond acceptors (Lipinski definition) is 3. The molecule has 1 aliphatic rings. The number of ether oxygens (including phenoxy) is 2. The van der Waals surface area contributed by atoms with Gasteiger partial charge in [-0.2, -0.15) is 0 Å². The van der Waals surface area contributed by atoms with E-state index in [0.29, 0.717) is 32.6 Å². The molecule has 2 aromatic carbocycles. The fourth-order valence-corrected chi connectivity index (χ4v) is 2.64. The summed E-state index contributed by atoms with van der Waals surface area (Å²) in [6, 6.07) is 12.0. The third-order valence-corrected chi connectivity index (χ3v) is 3.99. The molecule has 1 amide bonds. The Balaban J connectivity index is 1.55. The highest BCUT2D eigenvalue weighted by atomic mass is 19.1. The van der Waals surface area contributed by atoms with Gasteiger partial charge in [0.2, 0.25) is 5.91 Å². The lowest BCUT2D eigenvalue weighted by Crippen LogP contribution is -2.26. The van der Waals surface area contributed by atoms with Crippen LogP contribution in [0.3, 0.4) is 0 Å². The second-order valence-electron chi connectivity index (χ2n) is 5.85. The van der Waals surface area contributed by atoms with Crippen LogP contribution in [0, 0.1) is 5.82 Å². The molecule has 0 spiro atoms. The highest BCUT2D eigenvalue weighted by Gasteiger charge is 2.14. The van der Waals surface area contributed by atoms with Crippen molar-refractivity contribution in [2.24, 2.45) is 0 Å². The van der Waals surface area contributed by atoms with Gasteiger partial charge in [0, 0.05) is 20.0 Å². The lowest BCUT2D eigenvalue weighted by molar-refractivity contribution is -0.130. The van der Waals surface area contributed by atoms with E-state index in [0.717, 1.165) is 22.6 Å². The Hall–Kier alpha value is -2.56. The Bertz CT molecular complexity index is 715. The topological polar surface area (TPSA) is 38.8 Å². The summed E-state index contributed by atoms with van der Waals surface area (Å²) in [7, 11) is 1.78. The molecular weight excluding hydrogens is 309 g/mol. The van der Waals surface area contributed by atoms with E-state index in [1.54, 1.807) is 24.1 Å². The maximum absolute atomic E-state index is 12.9. The van der Waals surface area contributed by atoms with E-state index < -0.39 is 0 Å². The summed E-state index contributed by atoms with van der Waals surface area (Å²) >= 11 is 0. The van der Waals surface area contributed by atoms with Crippen molar-refractivity contribution in [1.82, 2.24) is 4.90 Å². The molecule has 0 aliphatic carbocycles. The number of benzene rings is 2. The van der Waals surface area contributed by atoms with E-state index in [4.69, 9.17) is 9.47 Å². The summed E-state index contributed by atoms with van der Waals surface area (Å²) in [5, 5.41) is 0. The molecule has 0 aromatic heterocycles. The van der Waals surface area contributed by atoms with Gasteiger partial charge >= 0.3 is 0 Å². The third kappa shape index (κ3) is 4.04. The molecule has 0 unspecified atom stereocenters. The van der Waals surface area contributed by atoms with Crippen molar-refractivity contribution in [3.8, 4) is 11.5 Å². The maximum Gasteiger partial charge on any atom is 0.222 e. The highest BCUT2D eigenvalue weighted by Crippen LogP contribution is 2.31. The van der Waals surface area contributed by atoms with Gasteiger partial charge in [-0.3, -0.25) is 4.79 Å². The van der Waals surface area contributed by atoms with Crippen LogP contribution in [-0.4, -0.2) is 31.1 Å². The van der Waals surface area contributed by atoms with Crippen molar-refractivity contribution in [3.63, 3.8) is 0 Å². The van der Waals surface area contributed by atoms with Crippen LogP contribution in [0.1, 0.15) is 17.5 Å². The Morgan fingerprint density at radius 3 is 2.46 bits per heavy atom. The van der Waals surface area contributed by atoms with Gasteiger partial charge in [0.25, 0.3) is 0 Å². The lowest BCUT2D eigenvalue weighted by atomic mass is 10.1. The van der Waals surface area contributed by atoms with Gasteiger partial charge in [0.15, 0.2) is 11.5 Å². The summed E-state index contributed by atoms with van der Waals surface area (Å²) in [5.41, 5.74) is 1.95. The molecule has 0 fully saturated rings. The standard InChI is InChI=1S/C19H20FNO3/c1-21(19(22)9-5-14-2-6-16(20)7-3-14)13-15-4-8-17-18(12-15)24-11-10-23-17/h2-4,6-8,12H,5,9-11,13H2,1H3. The first kappa shape index (κ1) is 16.3. The van der Waals surface area contributed by atoms with E-state index in [1.165, 1.54) is 12.1 Å². The molecule has 5 heteroatoms. The molecule has 0 saturated heterocycles. The maximum atomic E-state index is 12.9. The number of halogens is 1. The fourth-order valence-electron chi connectivity index (χ4n) is 2.64. The first-order valence-electron chi connectivity index (χ1n) is 7.99. The summed E-state index contributed by atoms with van der Waals surface area (Å²) < 4.78 is 23.9. The van der Waals surface area contributed by atoms with E-state index in [-0.39, 0.29) is 11.7 Å². The highest BCUT2D eigenvalue weighted by molar-refractivity contribution is 5.76. The molecule has 0 bridgehead atoms. The zero-order valence-electron chi connectivity index (χ0n) is 13.6. The van der Waals surface area contributed by atoms with Crippen molar-refractivity contribution >= 4 is 5.91 Å². The van der Waals surface area contributed by atoms with Crippen molar-refractivity contribution in [2.75, 3.05) is 20.3 Å². The van der Waals surface area contributed by atoms with Crippen molar-refractivity contribution in [3.05, 3.63) is 59.4 Å². The van der Waals surface area contributed by atoms with Gasteiger partial charge in [0.05, 0.1) is 0 Å². The number of carbonyl (C=O) groups is 1. The zero-order valence-corrected chi connectivity index (χ0v) is 13.6. The SMILES string of the molecule is CN(Cc1ccc2c(c1)OCCO2)C(=O)CCc1ccc(F)cc1. The number of carbonyl (C=O) groups excluding carboxylic acids is 1. The van der Waals surface area contributed by atoms with Gasteiger partial charge in [-0.15, -0.1) is 0 Å². The summed E-state index contributed by atoms with van der Waals surface area (Å²) in [6.07, 6.45) is 0.997. The Labute approximate surface area is 140 Å². The van der Waals surface area contributed by atoms with E-state index >= 15 is 0 Å². The van der Waals surface area contributed by atoms with E-state index in [2.05, 4.69) is 0 Å². The molecule has 3 rings (SSSR count). The molecule has 24 heavy (non-hydrogen) atoms. The molecule has 4 nitrogen and oxygen atoms in total. The van der Waals surface area contributed by atoms with Crippen LogP contribution in [0.4, 0.5) is 4.39 Å². The third-order valence-electron chi connectivity index (χ3n) is 3.99. The molecular formula is C19H20FNO3. The van der Waals surface area contributed by atoms with Crippen molar-refractivity contribution in [1.29, 1.82) is 0 Å². The molecule has 0 saturated carbocycles. The number of fused-ring (bicyclic) bond motifs is 1. The molecule has 1 aliphatic heterocycles. The smallest absolute Gasteiger partial charge is 0.222 e. The number of aryl methyl sites for hydroxylation is 1. The first-order valence-corrected chi connectivity index (χ1v) is 7.99. The number of hydrogen-bond donors (Lipinski definition) is 0.